The Morgan fingerprint density at radius 1 is 1.14 bits per heavy atom. The molecular formula is C18H22ClNO. The average Bonchev–Trinajstić information content (AvgIpc) is 2.45. The van der Waals surface area contributed by atoms with Gasteiger partial charge in [0.05, 0.1) is 0 Å². The van der Waals surface area contributed by atoms with Crippen LogP contribution in [0.2, 0.25) is 5.02 Å². The lowest BCUT2D eigenvalue weighted by Crippen LogP contribution is -2.13. The Balaban J connectivity index is 1.88. The van der Waals surface area contributed by atoms with E-state index in [1.165, 1.54) is 11.3 Å². The zero-order chi connectivity index (χ0) is 15.2. The number of hydrogen-bond donors (Lipinski definition) is 1. The van der Waals surface area contributed by atoms with Gasteiger partial charge >= 0.3 is 0 Å². The van der Waals surface area contributed by atoms with Crippen molar-refractivity contribution < 1.29 is 4.74 Å². The average molecular weight is 304 g/mol. The van der Waals surface area contributed by atoms with Crippen molar-refractivity contribution in [3.8, 4) is 5.75 Å². The molecule has 0 aliphatic heterocycles. The topological polar surface area (TPSA) is 21.3 Å². The number of aryl methyl sites for hydroxylation is 1. The number of benzene rings is 2. The van der Waals surface area contributed by atoms with Gasteiger partial charge in [-0.15, -0.1) is 0 Å². The number of para-hydroxylation sites is 1. The van der Waals surface area contributed by atoms with Crippen molar-refractivity contribution >= 4 is 17.3 Å². The van der Waals surface area contributed by atoms with Crippen LogP contribution in [0.3, 0.4) is 0 Å². The normalized spacial score (nSPS) is 10.7. The molecule has 21 heavy (non-hydrogen) atoms. The van der Waals surface area contributed by atoms with Gasteiger partial charge in [-0.2, -0.15) is 0 Å². The summed E-state index contributed by atoms with van der Waals surface area (Å²) in [5.74, 6) is 1.39. The van der Waals surface area contributed by atoms with E-state index in [0.717, 1.165) is 22.9 Å². The molecule has 2 aromatic carbocycles. The maximum atomic E-state index is 5.94. The highest BCUT2D eigenvalue weighted by molar-refractivity contribution is 6.30. The molecule has 0 bridgehead atoms. The van der Waals surface area contributed by atoms with Crippen molar-refractivity contribution in [2.45, 2.75) is 26.7 Å². The Kier molecular flexibility index (Phi) is 5.51. The van der Waals surface area contributed by atoms with Gasteiger partial charge in [0, 0.05) is 17.3 Å². The number of ether oxygens (including phenoxy) is 1. The highest BCUT2D eigenvalue weighted by atomic mass is 35.5. The summed E-state index contributed by atoms with van der Waals surface area (Å²) in [4.78, 5) is 0. The second-order valence-corrected chi connectivity index (χ2v) is 5.86. The number of nitrogens with one attached hydrogen (secondary N) is 1. The van der Waals surface area contributed by atoms with Gasteiger partial charge in [0.15, 0.2) is 0 Å². The molecule has 2 nitrogen and oxygen atoms in total. The fourth-order valence-electron chi connectivity index (χ4n) is 2.28. The maximum Gasteiger partial charge on any atom is 0.122 e. The minimum absolute atomic E-state index is 0.508. The summed E-state index contributed by atoms with van der Waals surface area (Å²) in [6.07, 6.45) is 0. The molecule has 0 fully saturated rings. The van der Waals surface area contributed by atoms with Gasteiger partial charge in [0.1, 0.15) is 12.4 Å². The molecular weight excluding hydrogens is 282 g/mol. The van der Waals surface area contributed by atoms with Gasteiger partial charge in [0.2, 0.25) is 0 Å². The maximum absolute atomic E-state index is 5.94. The van der Waals surface area contributed by atoms with Crippen LogP contribution < -0.4 is 10.1 Å². The summed E-state index contributed by atoms with van der Waals surface area (Å²) in [6.45, 7) is 7.80. The first kappa shape index (κ1) is 15.7. The molecule has 0 spiro atoms. The Morgan fingerprint density at radius 3 is 2.62 bits per heavy atom. The molecule has 0 unspecified atom stereocenters. The Hall–Kier alpha value is -1.67. The third kappa shape index (κ3) is 4.40. The molecule has 112 valence electrons. The zero-order valence-corrected chi connectivity index (χ0v) is 13.6. The molecule has 0 saturated carbocycles. The molecule has 0 radical (unpaired) electrons. The van der Waals surface area contributed by atoms with Crippen LogP contribution in [0.25, 0.3) is 0 Å². The van der Waals surface area contributed by atoms with Crippen LogP contribution in [0.5, 0.6) is 5.75 Å². The molecule has 0 aromatic heterocycles. The van der Waals surface area contributed by atoms with E-state index in [-0.39, 0.29) is 0 Å². The molecule has 2 aromatic rings. The van der Waals surface area contributed by atoms with E-state index in [9.17, 15) is 0 Å². The van der Waals surface area contributed by atoms with Crippen molar-refractivity contribution in [1.29, 1.82) is 0 Å². The van der Waals surface area contributed by atoms with Crippen LogP contribution in [0.4, 0.5) is 5.69 Å². The molecule has 0 heterocycles. The van der Waals surface area contributed by atoms with Gasteiger partial charge in [0.25, 0.3) is 0 Å². The largest absolute Gasteiger partial charge is 0.491 e. The second kappa shape index (κ2) is 7.37. The first-order chi connectivity index (χ1) is 10.1. The molecule has 0 saturated heterocycles. The van der Waals surface area contributed by atoms with E-state index in [1.54, 1.807) is 0 Å². The molecule has 0 aliphatic rings. The molecule has 0 amide bonds. The van der Waals surface area contributed by atoms with Gasteiger partial charge in [-0.1, -0.05) is 43.6 Å². The highest BCUT2D eigenvalue weighted by Crippen LogP contribution is 2.24. The van der Waals surface area contributed by atoms with Crippen molar-refractivity contribution in [3.05, 3.63) is 58.6 Å². The van der Waals surface area contributed by atoms with E-state index in [2.05, 4.69) is 43.4 Å². The minimum Gasteiger partial charge on any atom is -0.491 e. The Labute approximate surface area is 132 Å². The number of halogens is 1. The zero-order valence-electron chi connectivity index (χ0n) is 12.8. The van der Waals surface area contributed by atoms with Gasteiger partial charge in [-0.05, 0) is 48.2 Å². The van der Waals surface area contributed by atoms with E-state index < -0.39 is 0 Å². The van der Waals surface area contributed by atoms with Crippen LogP contribution in [-0.2, 0) is 0 Å². The first-order valence-electron chi connectivity index (χ1n) is 7.29. The van der Waals surface area contributed by atoms with Crippen molar-refractivity contribution in [1.82, 2.24) is 0 Å². The number of rotatable bonds is 6. The quantitative estimate of drug-likeness (QED) is 0.735. The molecule has 0 aliphatic carbocycles. The molecule has 0 atom stereocenters. The predicted octanol–water partition coefficient (Wildman–Crippen LogP) is 5.26. The molecule has 2 rings (SSSR count). The van der Waals surface area contributed by atoms with E-state index >= 15 is 0 Å². The second-order valence-electron chi connectivity index (χ2n) is 5.43. The highest BCUT2D eigenvalue weighted by Gasteiger charge is 2.05. The first-order valence-corrected chi connectivity index (χ1v) is 7.67. The predicted molar refractivity (Wildman–Crippen MR) is 90.7 cm³/mol. The van der Waals surface area contributed by atoms with Crippen LogP contribution in [0.1, 0.15) is 30.9 Å². The summed E-state index contributed by atoms with van der Waals surface area (Å²) in [5.41, 5.74) is 3.58. The third-order valence-corrected chi connectivity index (χ3v) is 3.63. The van der Waals surface area contributed by atoms with E-state index in [1.807, 2.05) is 25.1 Å². The van der Waals surface area contributed by atoms with Crippen LogP contribution in [0.15, 0.2) is 42.5 Å². The fraction of sp³-hybridized carbons (Fsp3) is 0.333. The number of hydrogen-bond acceptors (Lipinski definition) is 2. The van der Waals surface area contributed by atoms with Gasteiger partial charge < -0.3 is 10.1 Å². The molecule has 1 N–H and O–H groups in total. The lowest BCUT2D eigenvalue weighted by molar-refractivity contribution is 0.330. The summed E-state index contributed by atoms with van der Waals surface area (Å²) in [7, 11) is 0. The fourth-order valence-corrected chi connectivity index (χ4v) is 2.51. The van der Waals surface area contributed by atoms with E-state index in [4.69, 9.17) is 16.3 Å². The van der Waals surface area contributed by atoms with Crippen molar-refractivity contribution in [2.75, 3.05) is 18.5 Å². The van der Waals surface area contributed by atoms with Crippen LogP contribution in [-0.4, -0.2) is 13.2 Å². The van der Waals surface area contributed by atoms with E-state index in [0.29, 0.717) is 12.5 Å². The Bertz CT molecular complexity index is 596. The van der Waals surface area contributed by atoms with Crippen LogP contribution in [0, 0.1) is 6.92 Å². The van der Waals surface area contributed by atoms with Gasteiger partial charge in [-0.25, -0.2) is 0 Å². The van der Waals surface area contributed by atoms with Crippen LogP contribution >= 0.6 is 11.6 Å². The third-order valence-electron chi connectivity index (χ3n) is 3.39. The minimum atomic E-state index is 0.508. The standard InChI is InChI=1S/C18H22ClNO/c1-13(2)16-6-4-5-7-17(16)20-10-11-21-18-9-8-15(19)12-14(18)3/h4-9,12-13,20H,10-11H2,1-3H3. The monoisotopic (exact) mass is 303 g/mol. The summed E-state index contributed by atoms with van der Waals surface area (Å²) in [5, 5.41) is 4.18. The summed E-state index contributed by atoms with van der Waals surface area (Å²) >= 11 is 5.94. The van der Waals surface area contributed by atoms with Gasteiger partial charge in [-0.3, -0.25) is 0 Å². The molecule has 3 heteroatoms. The SMILES string of the molecule is Cc1cc(Cl)ccc1OCCNc1ccccc1C(C)C. The number of anilines is 1. The summed E-state index contributed by atoms with van der Waals surface area (Å²) in [6, 6.07) is 14.1. The summed E-state index contributed by atoms with van der Waals surface area (Å²) < 4.78 is 5.79. The Morgan fingerprint density at radius 2 is 1.90 bits per heavy atom. The van der Waals surface area contributed by atoms with Crippen molar-refractivity contribution in [2.24, 2.45) is 0 Å². The lowest BCUT2D eigenvalue weighted by Gasteiger charge is -2.15. The van der Waals surface area contributed by atoms with Crippen molar-refractivity contribution in [3.63, 3.8) is 0 Å². The smallest absolute Gasteiger partial charge is 0.122 e. The lowest BCUT2D eigenvalue weighted by atomic mass is 10.0.